The summed E-state index contributed by atoms with van der Waals surface area (Å²) in [5.41, 5.74) is 2.83. The fraction of sp³-hybridized carbons (Fsp3) is 0.125. The molecule has 1 aromatic heterocycles. The number of benzene rings is 2. The minimum Gasteiger partial charge on any atom is -0.497 e. The molecule has 0 aliphatic rings. The zero-order chi connectivity index (χ0) is 14.8. The molecule has 0 saturated carbocycles. The van der Waals surface area contributed by atoms with Gasteiger partial charge in [-0.3, -0.25) is 0 Å². The number of ether oxygens (including phenoxy) is 2. The van der Waals surface area contributed by atoms with Crippen LogP contribution in [0, 0.1) is 0 Å². The maximum Gasteiger partial charge on any atom is 0.156 e. The number of halogens is 1. The second kappa shape index (κ2) is 5.58. The monoisotopic (exact) mass is 300 g/mol. The van der Waals surface area contributed by atoms with Crippen molar-refractivity contribution in [3.8, 4) is 22.8 Å². The van der Waals surface area contributed by atoms with E-state index in [9.17, 15) is 0 Å². The number of nitrogens with zero attached hydrogens (tertiary/aromatic N) is 2. The fourth-order valence-corrected chi connectivity index (χ4v) is 2.38. The van der Waals surface area contributed by atoms with E-state index in [4.69, 9.17) is 21.1 Å². The lowest BCUT2D eigenvalue weighted by atomic mass is 10.1. The van der Waals surface area contributed by atoms with Crippen LogP contribution in [0.25, 0.3) is 22.3 Å². The summed E-state index contributed by atoms with van der Waals surface area (Å²) >= 11 is 6.27. The van der Waals surface area contributed by atoms with E-state index in [1.54, 1.807) is 26.4 Å². The first-order chi connectivity index (χ1) is 10.2. The minimum atomic E-state index is 0.351. The summed E-state index contributed by atoms with van der Waals surface area (Å²) < 4.78 is 10.6. The minimum absolute atomic E-state index is 0.351. The molecule has 0 aliphatic carbocycles. The highest BCUT2D eigenvalue weighted by Gasteiger charge is 2.13. The van der Waals surface area contributed by atoms with E-state index >= 15 is 0 Å². The molecule has 0 fully saturated rings. The summed E-state index contributed by atoms with van der Waals surface area (Å²) in [6.45, 7) is 0. The van der Waals surface area contributed by atoms with Crippen molar-refractivity contribution in [1.82, 2.24) is 9.97 Å². The summed E-state index contributed by atoms with van der Waals surface area (Å²) in [5.74, 6) is 1.25. The Hall–Kier alpha value is -2.33. The number of rotatable bonds is 3. The van der Waals surface area contributed by atoms with E-state index in [2.05, 4.69) is 9.97 Å². The van der Waals surface area contributed by atoms with Crippen LogP contribution >= 0.6 is 11.6 Å². The second-order valence-corrected chi connectivity index (χ2v) is 4.78. The Morgan fingerprint density at radius 3 is 2.38 bits per heavy atom. The molecule has 106 valence electrons. The molecular formula is C16H13ClN2O2. The first-order valence-electron chi connectivity index (χ1n) is 6.37. The van der Waals surface area contributed by atoms with Crippen LogP contribution in [-0.2, 0) is 0 Å². The molecule has 0 atom stereocenters. The fourth-order valence-electron chi connectivity index (χ4n) is 2.14. The first kappa shape index (κ1) is 13.6. The summed E-state index contributed by atoms with van der Waals surface area (Å²) in [5, 5.41) is 0.351. The van der Waals surface area contributed by atoms with Crippen molar-refractivity contribution in [3.05, 3.63) is 47.6 Å². The molecule has 2 aromatic carbocycles. The molecule has 0 radical (unpaired) electrons. The first-order valence-corrected chi connectivity index (χ1v) is 6.75. The Morgan fingerprint density at radius 1 is 0.952 bits per heavy atom. The lowest BCUT2D eigenvalue weighted by Gasteiger charge is -2.10. The van der Waals surface area contributed by atoms with E-state index in [0.29, 0.717) is 33.4 Å². The van der Waals surface area contributed by atoms with Crippen molar-refractivity contribution < 1.29 is 9.47 Å². The Kier molecular flexibility index (Phi) is 3.62. The van der Waals surface area contributed by atoms with Gasteiger partial charge in [0.05, 0.1) is 19.7 Å². The third-order valence-electron chi connectivity index (χ3n) is 3.17. The van der Waals surface area contributed by atoms with Gasteiger partial charge in [-0.15, -0.1) is 0 Å². The van der Waals surface area contributed by atoms with Crippen molar-refractivity contribution >= 4 is 22.6 Å². The SMILES string of the molecule is COc1cc(OC)c2nc(-c3ccccc3)c(Cl)nc2c1. The number of hydrogen-bond donors (Lipinski definition) is 0. The van der Waals surface area contributed by atoms with Gasteiger partial charge in [0.25, 0.3) is 0 Å². The van der Waals surface area contributed by atoms with Gasteiger partial charge in [0.1, 0.15) is 22.7 Å². The summed E-state index contributed by atoms with van der Waals surface area (Å²) in [4.78, 5) is 9.03. The number of fused-ring (bicyclic) bond motifs is 1. The standard InChI is InChI=1S/C16H13ClN2O2/c1-20-11-8-12-15(13(9-11)21-2)19-14(16(17)18-12)10-6-4-3-5-7-10/h3-9H,1-2H3. The normalized spacial score (nSPS) is 10.6. The van der Waals surface area contributed by atoms with Gasteiger partial charge in [-0.05, 0) is 0 Å². The molecule has 0 bridgehead atoms. The zero-order valence-electron chi connectivity index (χ0n) is 11.6. The zero-order valence-corrected chi connectivity index (χ0v) is 12.4. The molecular weight excluding hydrogens is 288 g/mol. The highest BCUT2D eigenvalue weighted by atomic mass is 35.5. The second-order valence-electron chi connectivity index (χ2n) is 4.43. The maximum atomic E-state index is 6.27. The summed E-state index contributed by atoms with van der Waals surface area (Å²) in [6.07, 6.45) is 0. The van der Waals surface area contributed by atoms with Crippen LogP contribution in [0.4, 0.5) is 0 Å². The van der Waals surface area contributed by atoms with Gasteiger partial charge in [-0.2, -0.15) is 0 Å². The number of aromatic nitrogens is 2. The molecule has 3 rings (SSSR count). The van der Waals surface area contributed by atoms with Gasteiger partial charge in [0.15, 0.2) is 5.15 Å². The Balaban J connectivity index is 2.28. The van der Waals surface area contributed by atoms with E-state index in [0.717, 1.165) is 5.56 Å². The molecule has 0 spiro atoms. The predicted octanol–water partition coefficient (Wildman–Crippen LogP) is 3.97. The molecule has 0 aliphatic heterocycles. The lowest BCUT2D eigenvalue weighted by molar-refractivity contribution is 0.397. The van der Waals surface area contributed by atoms with E-state index < -0.39 is 0 Å². The molecule has 3 aromatic rings. The molecule has 0 amide bonds. The molecule has 1 heterocycles. The Labute approximate surface area is 127 Å². The molecule has 0 N–H and O–H groups in total. The number of methoxy groups -OCH3 is 2. The van der Waals surface area contributed by atoms with Crippen molar-refractivity contribution in [2.45, 2.75) is 0 Å². The highest BCUT2D eigenvalue weighted by molar-refractivity contribution is 6.32. The lowest BCUT2D eigenvalue weighted by Crippen LogP contribution is -1.96. The molecule has 21 heavy (non-hydrogen) atoms. The highest BCUT2D eigenvalue weighted by Crippen LogP contribution is 2.33. The average molecular weight is 301 g/mol. The average Bonchev–Trinajstić information content (AvgIpc) is 2.53. The van der Waals surface area contributed by atoms with Crippen LogP contribution in [0.15, 0.2) is 42.5 Å². The smallest absolute Gasteiger partial charge is 0.156 e. The number of hydrogen-bond acceptors (Lipinski definition) is 4. The third-order valence-corrected chi connectivity index (χ3v) is 3.43. The quantitative estimate of drug-likeness (QED) is 0.734. The van der Waals surface area contributed by atoms with Gasteiger partial charge in [0, 0.05) is 17.7 Å². The molecule has 0 saturated heterocycles. The maximum absolute atomic E-state index is 6.27. The van der Waals surface area contributed by atoms with Crippen LogP contribution < -0.4 is 9.47 Å². The van der Waals surface area contributed by atoms with E-state index in [1.165, 1.54) is 0 Å². The molecule has 0 unspecified atom stereocenters. The van der Waals surface area contributed by atoms with Crippen LogP contribution in [0.1, 0.15) is 0 Å². The predicted molar refractivity (Wildman–Crippen MR) is 83.1 cm³/mol. The van der Waals surface area contributed by atoms with Gasteiger partial charge in [-0.25, -0.2) is 9.97 Å². The summed E-state index contributed by atoms with van der Waals surface area (Å²) in [7, 11) is 3.18. The topological polar surface area (TPSA) is 44.2 Å². The van der Waals surface area contributed by atoms with Crippen LogP contribution in [0.3, 0.4) is 0 Å². The van der Waals surface area contributed by atoms with E-state index in [1.807, 2.05) is 30.3 Å². The third kappa shape index (κ3) is 2.50. The summed E-state index contributed by atoms with van der Waals surface area (Å²) in [6, 6.07) is 13.3. The van der Waals surface area contributed by atoms with Crippen LogP contribution in [0.2, 0.25) is 5.15 Å². The van der Waals surface area contributed by atoms with Crippen molar-refractivity contribution in [1.29, 1.82) is 0 Å². The van der Waals surface area contributed by atoms with Crippen molar-refractivity contribution in [3.63, 3.8) is 0 Å². The van der Waals surface area contributed by atoms with Gasteiger partial charge in [0.2, 0.25) is 0 Å². The Morgan fingerprint density at radius 2 is 1.71 bits per heavy atom. The largest absolute Gasteiger partial charge is 0.497 e. The van der Waals surface area contributed by atoms with Gasteiger partial charge < -0.3 is 9.47 Å². The van der Waals surface area contributed by atoms with Gasteiger partial charge >= 0.3 is 0 Å². The van der Waals surface area contributed by atoms with E-state index in [-0.39, 0.29) is 0 Å². The Bertz CT molecular complexity index is 791. The van der Waals surface area contributed by atoms with Gasteiger partial charge in [-0.1, -0.05) is 41.9 Å². The van der Waals surface area contributed by atoms with Crippen LogP contribution in [0.5, 0.6) is 11.5 Å². The van der Waals surface area contributed by atoms with Crippen molar-refractivity contribution in [2.75, 3.05) is 14.2 Å². The molecule has 5 heteroatoms. The molecule has 4 nitrogen and oxygen atoms in total. The van der Waals surface area contributed by atoms with Crippen LogP contribution in [-0.4, -0.2) is 24.2 Å². The van der Waals surface area contributed by atoms with Crippen molar-refractivity contribution in [2.24, 2.45) is 0 Å².